The van der Waals surface area contributed by atoms with Gasteiger partial charge in [0, 0.05) is 26.7 Å². The molecule has 0 bridgehead atoms. The third-order valence-electron chi connectivity index (χ3n) is 2.57. The van der Waals surface area contributed by atoms with Crippen LogP contribution in [0.2, 0.25) is 0 Å². The normalized spacial score (nSPS) is 23.8. The molecule has 5 heteroatoms. The number of hydrogen-bond acceptors (Lipinski definition) is 5. The van der Waals surface area contributed by atoms with Crippen LogP contribution < -0.4 is 0 Å². The van der Waals surface area contributed by atoms with Crippen molar-refractivity contribution in [2.24, 2.45) is 0 Å². The third kappa shape index (κ3) is 4.76. The molecule has 1 rings (SSSR count). The third-order valence-corrected chi connectivity index (χ3v) is 2.57. The van der Waals surface area contributed by atoms with E-state index in [1.165, 1.54) is 0 Å². The quantitative estimate of drug-likeness (QED) is 0.619. The van der Waals surface area contributed by atoms with Crippen LogP contribution in [0.5, 0.6) is 0 Å². The standard InChI is InChI=1S/C11H23NO4/c1-9(5-15-3)16-6-10(13)4-12-7-11(2,14)8-12/h9-10,13-14H,4-8H2,1-3H3. The molecule has 0 aromatic rings. The van der Waals surface area contributed by atoms with Gasteiger partial charge in [-0.2, -0.15) is 0 Å². The van der Waals surface area contributed by atoms with E-state index in [9.17, 15) is 10.2 Å². The van der Waals surface area contributed by atoms with Gasteiger partial charge in [-0.05, 0) is 13.8 Å². The fourth-order valence-corrected chi connectivity index (χ4v) is 1.96. The lowest BCUT2D eigenvalue weighted by Gasteiger charge is -2.45. The number of hydrogen-bond donors (Lipinski definition) is 2. The fourth-order valence-electron chi connectivity index (χ4n) is 1.96. The summed E-state index contributed by atoms with van der Waals surface area (Å²) in [4.78, 5) is 2.01. The molecule has 2 N–H and O–H groups in total. The molecule has 2 atom stereocenters. The molecule has 0 amide bonds. The van der Waals surface area contributed by atoms with E-state index in [4.69, 9.17) is 9.47 Å². The monoisotopic (exact) mass is 233 g/mol. The van der Waals surface area contributed by atoms with Gasteiger partial charge in [0.1, 0.15) is 0 Å². The molecule has 1 heterocycles. The summed E-state index contributed by atoms with van der Waals surface area (Å²) in [5.74, 6) is 0. The highest BCUT2D eigenvalue weighted by atomic mass is 16.5. The largest absolute Gasteiger partial charge is 0.389 e. The minimum atomic E-state index is -0.579. The van der Waals surface area contributed by atoms with Crippen LogP contribution >= 0.6 is 0 Å². The Labute approximate surface area is 97.0 Å². The number of likely N-dealkylation sites (tertiary alicyclic amines) is 1. The summed E-state index contributed by atoms with van der Waals surface area (Å²) >= 11 is 0. The highest BCUT2D eigenvalue weighted by Crippen LogP contribution is 2.19. The van der Waals surface area contributed by atoms with E-state index < -0.39 is 11.7 Å². The molecule has 96 valence electrons. The Kier molecular flexibility index (Phi) is 5.14. The van der Waals surface area contributed by atoms with Gasteiger partial charge in [0.05, 0.1) is 31.0 Å². The van der Waals surface area contributed by atoms with Crippen molar-refractivity contribution in [2.45, 2.75) is 31.7 Å². The first-order valence-electron chi connectivity index (χ1n) is 5.66. The predicted octanol–water partition coefficient (Wildman–Crippen LogP) is -0.535. The van der Waals surface area contributed by atoms with E-state index in [0.717, 1.165) is 0 Å². The van der Waals surface area contributed by atoms with Crippen LogP contribution in [0, 0.1) is 0 Å². The van der Waals surface area contributed by atoms with Crippen molar-refractivity contribution in [1.82, 2.24) is 4.90 Å². The Hall–Kier alpha value is -0.200. The molecular weight excluding hydrogens is 210 g/mol. The van der Waals surface area contributed by atoms with Crippen molar-refractivity contribution in [3.8, 4) is 0 Å². The number of β-amino-alcohol motifs (C(OH)–C–C–N with tert-alkyl or cyclic N) is 2. The molecule has 0 aromatic heterocycles. The van der Waals surface area contributed by atoms with E-state index in [-0.39, 0.29) is 6.10 Å². The summed E-state index contributed by atoms with van der Waals surface area (Å²) in [7, 11) is 1.62. The summed E-state index contributed by atoms with van der Waals surface area (Å²) in [6.07, 6.45) is -0.505. The van der Waals surface area contributed by atoms with E-state index in [1.54, 1.807) is 14.0 Å². The van der Waals surface area contributed by atoms with Gasteiger partial charge in [-0.25, -0.2) is 0 Å². The molecule has 0 aliphatic carbocycles. The molecule has 0 saturated carbocycles. The molecule has 1 saturated heterocycles. The van der Waals surface area contributed by atoms with Crippen molar-refractivity contribution < 1.29 is 19.7 Å². The highest BCUT2D eigenvalue weighted by molar-refractivity contribution is 4.92. The summed E-state index contributed by atoms with van der Waals surface area (Å²) < 4.78 is 10.3. The Morgan fingerprint density at radius 2 is 2.00 bits per heavy atom. The first-order valence-corrected chi connectivity index (χ1v) is 5.66. The summed E-state index contributed by atoms with van der Waals surface area (Å²) in [5.41, 5.74) is -0.579. The Morgan fingerprint density at radius 1 is 1.38 bits per heavy atom. The smallest absolute Gasteiger partial charge is 0.0900 e. The van der Waals surface area contributed by atoms with Gasteiger partial charge in [0.2, 0.25) is 0 Å². The van der Waals surface area contributed by atoms with E-state index in [2.05, 4.69) is 0 Å². The minimum absolute atomic E-state index is 0.000789. The van der Waals surface area contributed by atoms with Gasteiger partial charge in [0.15, 0.2) is 0 Å². The molecular formula is C11H23NO4. The van der Waals surface area contributed by atoms with Crippen LogP contribution in [0.3, 0.4) is 0 Å². The molecule has 1 aliphatic rings. The number of aliphatic hydroxyl groups is 2. The first-order chi connectivity index (χ1) is 7.43. The number of nitrogens with zero attached hydrogens (tertiary/aromatic N) is 1. The lowest BCUT2D eigenvalue weighted by atomic mass is 9.97. The average Bonchev–Trinajstić information content (AvgIpc) is 2.12. The second-order valence-corrected chi connectivity index (χ2v) is 4.92. The van der Waals surface area contributed by atoms with E-state index in [0.29, 0.717) is 32.8 Å². The zero-order valence-electron chi connectivity index (χ0n) is 10.3. The average molecular weight is 233 g/mol. The molecule has 1 aliphatic heterocycles. The van der Waals surface area contributed by atoms with Gasteiger partial charge in [-0.1, -0.05) is 0 Å². The van der Waals surface area contributed by atoms with Crippen molar-refractivity contribution in [1.29, 1.82) is 0 Å². The molecule has 0 aromatic carbocycles. The van der Waals surface area contributed by atoms with Gasteiger partial charge < -0.3 is 19.7 Å². The fraction of sp³-hybridized carbons (Fsp3) is 1.00. The van der Waals surface area contributed by atoms with Crippen LogP contribution in [0.1, 0.15) is 13.8 Å². The number of aliphatic hydroxyl groups excluding tert-OH is 1. The molecule has 16 heavy (non-hydrogen) atoms. The minimum Gasteiger partial charge on any atom is -0.389 e. The van der Waals surface area contributed by atoms with Crippen molar-refractivity contribution in [3.05, 3.63) is 0 Å². The van der Waals surface area contributed by atoms with Crippen molar-refractivity contribution >= 4 is 0 Å². The zero-order chi connectivity index (χ0) is 12.2. The number of rotatable bonds is 7. The van der Waals surface area contributed by atoms with Gasteiger partial charge >= 0.3 is 0 Å². The summed E-state index contributed by atoms with van der Waals surface area (Å²) in [5, 5.41) is 19.2. The Morgan fingerprint density at radius 3 is 2.50 bits per heavy atom. The maximum absolute atomic E-state index is 9.68. The van der Waals surface area contributed by atoms with Gasteiger partial charge in [-0.15, -0.1) is 0 Å². The van der Waals surface area contributed by atoms with Crippen molar-refractivity contribution in [2.75, 3.05) is 40.0 Å². The maximum Gasteiger partial charge on any atom is 0.0900 e. The van der Waals surface area contributed by atoms with Crippen LogP contribution in [0.15, 0.2) is 0 Å². The lowest BCUT2D eigenvalue weighted by Crippen LogP contribution is -2.61. The summed E-state index contributed by atoms with van der Waals surface area (Å²) in [6.45, 7) is 6.34. The van der Waals surface area contributed by atoms with Crippen LogP contribution in [0.4, 0.5) is 0 Å². The molecule has 0 radical (unpaired) electrons. The second kappa shape index (κ2) is 5.93. The van der Waals surface area contributed by atoms with Crippen LogP contribution in [0.25, 0.3) is 0 Å². The van der Waals surface area contributed by atoms with Crippen LogP contribution in [-0.2, 0) is 9.47 Å². The first kappa shape index (κ1) is 13.9. The number of ether oxygens (including phenoxy) is 2. The molecule has 2 unspecified atom stereocenters. The van der Waals surface area contributed by atoms with E-state index in [1.807, 2.05) is 11.8 Å². The zero-order valence-corrected chi connectivity index (χ0v) is 10.3. The predicted molar refractivity (Wildman–Crippen MR) is 60.4 cm³/mol. The lowest BCUT2D eigenvalue weighted by molar-refractivity contribution is -0.106. The molecule has 1 fully saturated rings. The van der Waals surface area contributed by atoms with E-state index >= 15 is 0 Å². The molecule has 0 spiro atoms. The van der Waals surface area contributed by atoms with Crippen molar-refractivity contribution in [3.63, 3.8) is 0 Å². The maximum atomic E-state index is 9.68. The summed E-state index contributed by atoms with van der Waals surface area (Å²) in [6, 6.07) is 0. The molecule has 5 nitrogen and oxygen atoms in total. The Balaban J connectivity index is 2.05. The van der Waals surface area contributed by atoms with Gasteiger partial charge in [0.25, 0.3) is 0 Å². The Bertz CT molecular complexity index is 202. The van der Waals surface area contributed by atoms with Gasteiger partial charge in [-0.3, -0.25) is 4.90 Å². The second-order valence-electron chi connectivity index (χ2n) is 4.92. The highest BCUT2D eigenvalue weighted by Gasteiger charge is 2.36. The SMILES string of the molecule is COCC(C)OCC(O)CN1CC(C)(O)C1. The topological polar surface area (TPSA) is 62.2 Å². The number of methoxy groups -OCH3 is 1. The van der Waals surface area contributed by atoms with Crippen LogP contribution in [-0.4, -0.2) is 72.9 Å².